The van der Waals surface area contributed by atoms with Crippen molar-refractivity contribution in [2.75, 3.05) is 5.43 Å². The maximum Gasteiger partial charge on any atom is 0.219 e. The number of hydrogen-bond acceptors (Lipinski definition) is 6. The molecule has 0 bridgehead atoms. The summed E-state index contributed by atoms with van der Waals surface area (Å²) in [6.45, 7) is 2.40. The summed E-state index contributed by atoms with van der Waals surface area (Å²) < 4.78 is 1.72. The maximum absolute atomic E-state index is 5.88. The van der Waals surface area contributed by atoms with E-state index in [0.29, 0.717) is 16.7 Å². The van der Waals surface area contributed by atoms with Gasteiger partial charge in [0.25, 0.3) is 0 Å². The third-order valence-corrected chi connectivity index (χ3v) is 2.98. The van der Waals surface area contributed by atoms with Crippen molar-refractivity contribution in [2.45, 2.75) is 13.5 Å². The van der Waals surface area contributed by atoms with Crippen LogP contribution < -0.4 is 11.3 Å². The third-order valence-electron chi connectivity index (χ3n) is 1.77. The number of aromatic nitrogens is 4. The number of hydrogen-bond donors (Lipinski definition) is 2. The summed E-state index contributed by atoms with van der Waals surface area (Å²) >= 11 is 7.26. The highest BCUT2D eigenvalue weighted by atomic mass is 35.5. The summed E-state index contributed by atoms with van der Waals surface area (Å²) in [6.07, 6.45) is 1.76. The summed E-state index contributed by atoms with van der Waals surface area (Å²) in [6, 6.07) is 0. The molecule has 2 aromatic rings. The Bertz CT molecular complexity index is 444. The van der Waals surface area contributed by atoms with Gasteiger partial charge in [-0.3, -0.25) is 10.1 Å². The zero-order valence-corrected chi connectivity index (χ0v) is 9.51. The molecular weight excluding hydrogens is 236 g/mol. The van der Waals surface area contributed by atoms with Gasteiger partial charge in [-0.25, -0.2) is 5.84 Å². The number of aryl methyl sites for hydroxylation is 1. The van der Waals surface area contributed by atoms with E-state index in [1.807, 2.05) is 6.92 Å². The van der Waals surface area contributed by atoms with Crippen molar-refractivity contribution in [3.05, 3.63) is 21.9 Å². The van der Waals surface area contributed by atoms with Crippen molar-refractivity contribution in [3.63, 3.8) is 0 Å². The second kappa shape index (κ2) is 4.13. The van der Waals surface area contributed by atoms with Crippen LogP contribution in [0.1, 0.15) is 10.7 Å². The number of hydrazine groups is 1. The Morgan fingerprint density at radius 3 is 2.93 bits per heavy atom. The van der Waals surface area contributed by atoms with Crippen molar-refractivity contribution in [1.29, 1.82) is 0 Å². The maximum atomic E-state index is 5.88. The lowest BCUT2D eigenvalue weighted by Gasteiger charge is -1.94. The average Bonchev–Trinajstić information content (AvgIpc) is 2.76. The molecular formula is C7H9ClN6S. The van der Waals surface area contributed by atoms with Crippen LogP contribution in [0.4, 0.5) is 5.13 Å². The highest BCUT2D eigenvalue weighted by Crippen LogP contribution is 2.17. The molecule has 0 aliphatic rings. The predicted molar refractivity (Wildman–Crippen MR) is 58.8 cm³/mol. The molecule has 2 rings (SSSR count). The van der Waals surface area contributed by atoms with Crippen LogP contribution in [0.5, 0.6) is 0 Å². The van der Waals surface area contributed by atoms with Crippen LogP contribution in [0.25, 0.3) is 0 Å². The molecule has 0 amide bonds. The molecule has 0 aromatic carbocycles. The van der Waals surface area contributed by atoms with Gasteiger partial charge < -0.3 is 0 Å². The first-order valence-electron chi connectivity index (χ1n) is 4.17. The van der Waals surface area contributed by atoms with Crippen LogP contribution >= 0.6 is 22.9 Å². The van der Waals surface area contributed by atoms with Gasteiger partial charge in [0.1, 0.15) is 5.01 Å². The van der Waals surface area contributed by atoms with E-state index in [9.17, 15) is 0 Å². The van der Waals surface area contributed by atoms with Crippen molar-refractivity contribution in [1.82, 2.24) is 20.0 Å². The highest BCUT2D eigenvalue weighted by molar-refractivity contribution is 7.15. The van der Waals surface area contributed by atoms with Gasteiger partial charge in [0.2, 0.25) is 5.13 Å². The van der Waals surface area contributed by atoms with Crippen LogP contribution in [0.15, 0.2) is 6.20 Å². The first-order chi connectivity index (χ1) is 7.19. The second-order valence-corrected chi connectivity index (χ2v) is 4.37. The Kier molecular flexibility index (Phi) is 2.85. The van der Waals surface area contributed by atoms with Crippen molar-refractivity contribution < 1.29 is 0 Å². The van der Waals surface area contributed by atoms with Gasteiger partial charge in [0, 0.05) is 6.20 Å². The minimum absolute atomic E-state index is 0.549. The van der Waals surface area contributed by atoms with Gasteiger partial charge in [-0.2, -0.15) is 5.10 Å². The molecule has 0 fully saturated rings. The molecule has 8 heteroatoms. The van der Waals surface area contributed by atoms with E-state index in [1.54, 1.807) is 10.9 Å². The normalized spacial score (nSPS) is 10.6. The topological polar surface area (TPSA) is 81.7 Å². The minimum Gasteiger partial charge on any atom is -0.298 e. The monoisotopic (exact) mass is 244 g/mol. The Morgan fingerprint density at radius 2 is 2.40 bits per heavy atom. The number of nitrogens with one attached hydrogen (secondary N) is 1. The van der Waals surface area contributed by atoms with Crippen molar-refractivity contribution in [3.8, 4) is 0 Å². The number of anilines is 1. The van der Waals surface area contributed by atoms with Crippen LogP contribution in [0, 0.1) is 6.92 Å². The number of rotatable bonds is 3. The second-order valence-electron chi connectivity index (χ2n) is 2.91. The van der Waals surface area contributed by atoms with E-state index in [4.69, 9.17) is 17.4 Å². The van der Waals surface area contributed by atoms with Gasteiger partial charge in [0.15, 0.2) is 0 Å². The zero-order chi connectivity index (χ0) is 10.8. The lowest BCUT2D eigenvalue weighted by molar-refractivity contribution is 0.670. The molecule has 0 aliphatic heterocycles. The standard InChI is InChI=1S/C7H9ClN6S/c1-4-5(8)2-14(13-4)3-6-11-12-7(10-9)15-6/h2H,3,9H2,1H3,(H,10,12). The van der Waals surface area contributed by atoms with Gasteiger partial charge in [-0.1, -0.05) is 22.9 Å². The first kappa shape index (κ1) is 10.3. The molecule has 0 aliphatic carbocycles. The van der Waals surface area contributed by atoms with E-state index in [1.165, 1.54) is 11.3 Å². The molecule has 2 heterocycles. The summed E-state index contributed by atoms with van der Waals surface area (Å²) in [7, 11) is 0. The molecule has 6 nitrogen and oxygen atoms in total. The van der Waals surface area contributed by atoms with Gasteiger partial charge in [-0.05, 0) is 6.92 Å². The van der Waals surface area contributed by atoms with E-state index in [-0.39, 0.29) is 0 Å². The molecule has 0 unspecified atom stereocenters. The first-order valence-corrected chi connectivity index (χ1v) is 5.37. The molecule has 0 saturated heterocycles. The zero-order valence-electron chi connectivity index (χ0n) is 7.94. The summed E-state index contributed by atoms with van der Waals surface area (Å²) in [4.78, 5) is 0. The fraction of sp³-hybridized carbons (Fsp3) is 0.286. The van der Waals surface area contributed by atoms with E-state index in [0.717, 1.165) is 10.7 Å². The summed E-state index contributed by atoms with van der Waals surface area (Å²) in [5.41, 5.74) is 3.24. The Balaban J connectivity index is 2.14. The molecule has 3 N–H and O–H groups in total. The number of nitrogens with two attached hydrogens (primary N) is 1. The largest absolute Gasteiger partial charge is 0.298 e. The smallest absolute Gasteiger partial charge is 0.219 e. The Labute approximate surface area is 95.0 Å². The Morgan fingerprint density at radius 1 is 1.60 bits per heavy atom. The van der Waals surface area contributed by atoms with Gasteiger partial charge >= 0.3 is 0 Å². The van der Waals surface area contributed by atoms with Crippen molar-refractivity contribution >= 4 is 28.1 Å². The van der Waals surface area contributed by atoms with Crippen LogP contribution in [-0.2, 0) is 6.54 Å². The summed E-state index contributed by atoms with van der Waals surface area (Å²) in [5, 5.41) is 14.0. The third kappa shape index (κ3) is 2.25. The molecule has 15 heavy (non-hydrogen) atoms. The van der Waals surface area contributed by atoms with Crippen LogP contribution in [0.2, 0.25) is 5.02 Å². The number of halogens is 1. The van der Waals surface area contributed by atoms with Gasteiger partial charge in [-0.15, -0.1) is 10.2 Å². The van der Waals surface area contributed by atoms with E-state index < -0.39 is 0 Å². The molecule has 2 aromatic heterocycles. The lowest BCUT2D eigenvalue weighted by Crippen LogP contribution is -2.05. The van der Waals surface area contributed by atoms with Crippen LogP contribution in [-0.4, -0.2) is 20.0 Å². The average molecular weight is 245 g/mol. The molecule has 0 spiro atoms. The van der Waals surface area contributed by atoms with Gasteiger partial charge in [0.05, 0.1) is 17.3 Å². The molecule has 0 radical (unpaired) electrons. The van der Waals surface area contributed by atoms with E-state index in [2.05, 4.69) is 20.7 Å². The van der Waals surface area contributed by atoms with E-state index >= 15 is 0 Å². The minimum atomic E-state index is 0.549. The summed E-state index contributed by atoms with van der Waals surface area (Å²) in [5.74, 6) is 5.20. The van der Waals surface area contributed by atoms with Crippen molar-refractivity contribution in [2.24, 2.45) is 5.84 Å². The van der Waals surface area contributed by atoms with Crippen LogP contribution in [0.3, 0.4) is 0 Å². The Hall–Kier alpha value is -1.18. The predicted octanol–water partition coefficient (Wildman–Crippen LogP) is 1.03. The molecule has 0 atom stereocenters. The fourth-order valence-corrected chi connectivity index (χ4v) is 1.88. The highest BCUT2D eigenvalue weighted by Gasteiger charge is 2.06. The quantitative estimate of drug-likeness (QED) is 0.623. The SMILES string of the molecule is Cc1nn(Cc2nnc(NN)s2)cc1Cl. The molecule has 80 valence electrons. The number of nitrogens with zero attached hydrogens (tertiary/aromatic N) is 4. The molecule has 0 saturated carbocycles. The lowest BCUT2D eigenvalue weighted by atomic mass is 10.5. The fourth-order valence-electron chi connectivity index (χ4n) is 1.09. The number of nitrogen functional groups attached to an aromatic ring is 1.